The minimum atomic E-state index is -0.231. The first-order chi connectivity index (χ1) is 18.0. The molecule has 5 heterocycles. The number of urea groups is 1. The first-order valence-corrected chi connectivity index (χ1v) is 12.2. The van der Waals surface area contributed by atoms with Gasteiger partial charge in [-0.1, -0.05) is 6.07 Å². The molecule has 4 aromatic heterocycles. The Morgan fingerprint density at radius 1 is 1.00 bits per heavy atom. The van der Waals surface area contributed by atoms with Crippen molar-refractivity contribution in [3.05, 3.63) is 60.6 Å². The molecule has 1 saturated heterocycles. The number of aromatic nitrogens is 5. The van der Waals surface area contributed by atoms with Crippen LogP contribution < -0.4 is 5.32 Å². The first kappa shape index (κ1) is 22.7. The number of fused-ring (bicyclic) bond motifs is 2. The highest BCUT2D eigenvalue weighted by atomic mass is 16.2. The smallest absolute Gasteiger partial charge is 0.321 e. The molecule has 0 radical (unpaired) electrons. The summed E-state index contributed by atoms with van der Waals surface area (Å²) in [6.07, 6.45) is 7.18. The summed E-state index contributed by atoms with van der Waals surface area (Å²) in [5.41, 5.74) is 5.98. The van der Waals surface area contributed by atoms with E-state index in [1.54, 1.807) is 32.7 Å². The number of pyridine rings is 2. The summed E-state index contributed by atoms with van der Waals surface area (Å²) in [6, 6.07) is 11.4. The van der Waals surface area contributed by atoms with Crippen LogP contribution in [0.3, 0.4) is 0 Å². The summed E-state index contributed by atoms with van der Waals surface area (Å²) < 4.78 is 0. The van der Waals surface area contributed by atoms with Gasteiger partial charge in [0.15, 0.2) is 5.65 Å². The Morgan fingerprint density at radius 3 is 2.62 bits per heavy atom. The van der Waals surface area contributed by atoms with E-state index in [4.69, 9.17) is 0 Å². The molecule has 10 heteroatoms. The molecule has 5 aromatic rings. The van der Waals surface area contributed by atoms with E-state index in [-0.39, 0.29) is 11.9 Å². The van der Waals surface area contributed by atoms with Gasteiger partial charge in [-0.15, -0.1) is 0 Å². The topological polar surface area (TPSA) is 123 Å². The Hall–Kier alpha value is -4.73. The maximum absolute atomic E-state index is 13.1. The zero-order valence-electron chi connectivity index (χ0n) is 20.6. The average molecular weight is 495 g/mol. The number of anilines is 1. The number of carbonyl (C=O) groups excluding carboxylic acids is 2. The number of carbonyl (C=O) groups is 2. The highest BCUT2D eigenvalue weighted by Crippen LogP contribution is 2.32. The van der Waals surface area contributed by atoms with Gasteiger partial charge in [-0.3, -0.25) is 14.9 Å². The number of nitrogens with one attached hydrogen (secondary N) is 3. The molecular formula is C27H26N8O2. The Balaban J connectivity index is 1.38. The quantitative estimate of drug-likeness (QED) is 0.340. The maximum Gasteiger partial charge on any atom is 0.321 e. The number of rotatable bonds is 4. The number of benzene rings is 1. The summed E-state index contributed by atoms with van der Waals surface area (Å²) in [5, 5.41) is 12.1. The number of amides is 3. The van der Waals surface area contributed by atoms with E-state index >= 15 is 0 Å². The Kier molecular flexibility index (Phi) is 5.56. The van der Waals surface area contributed by atoms with Crippen LogP contribution in [0.5, 0.6) is 0 Å². The molecule has 186 valence electrons. The molecule has 6 rings (SSSR count). The third kappa shape index (κ3) is 4.16. The monoisotopic (exact) mass is 494 g/mol. The highest BCUT2D eigenvalue weighted by Gasteiger charge is 2.22. The van der Waals surface area contributed by atoms with Gasteiger partial charge in [0.05, 0.1) is 17.6 Å². The van der Waals surface area contributed by atoms with Crippen molar-refractivity contribution < 1.29 is 9.59 Å². The summed E-state index contributed by atoms with van der Waals surface area (Å²) in [4.78, 5) is 40.9. The largest absolute Gasteiger partial charge is 0.353 e. The van der Waals surface area contributed by atoms with Gasteiger partial charge in [0.2, 0.25) is 0 Å². The Labute approximate surface area is 212 Å². The third-order valence-corrected chi connectivity index (χ3v) is 6.69. The predicted molar refractivity (Wildman–Crippen MR) is 142 cm³/mol. The van der Waals surface area contributed by atoms with Crippen LogP contribution in [0.15, 0.2) is 55.0 Å². The molecule has 37 heavy (non-hydrogen) atoms. The van der Waals surface area contributed by atoms with Gasteiger partial charge in [0.1, 0.15) is 5.69 Å². The molecule has 1 aliphatic rings. The molecule has 0 unspecified atom stereocenters. The van der Waals surface area contributed by atoms with Crippen molar-refractivity contribution in [2.45, 2.75) is 12.8 Å². The molecule has 3 amide bonds. The molecule has 0 spiro atoms. The lowest BCUT2D eigenvalue weighted by molar-refractivity contribution is 0.0794. The summed E-state index contributed by atoms with van der Waals surface area (Å²) in [6.45, 7) is 1.61. The summed E-state index contributed by atoms with van der Waals surface area (Å²) in [7, 11) is 3.36. The fourth-order valence-electron chi connectivity index (χ4n) is 4.73. The number of aromatic amines is 2. The van der Waals surface area contributed by atoms with Gasteiger partial charge < -0.3 is 20.1 Å². The van der Waals surface area contributed by atoms with E-state index in [0.717, 1.165) is 59.0 Å². The van der Waals surface area contributed by atoms with Gasteiger partial charge in [0, 0.05) is 72.6 Å². The lowest BCUT2D eigenvalue weighted by atomic mass is 10.1. The number of hydrogen-bond acceptors (Lipinski definition) is 5. The molecule has 0 aliphatic carbocycles. The van der Waals surface area contributed by atoms with Crippen LogP contribution in [0.2, 0.25) is 0 Å². The fraction of sp³-hybridized carbons (Fsp3) is 0.222. The minimum Gasteiger partial charge on any atom is -0.353 e. The van der Waals surface area contributed by atoms with Crippen molar-refractivity contribution >= 4 is 39.6 Å². The third-order valence-electron chi connectivity index (χ3n) is 6.69. The number of hydrogen-bond donors (Lipinski definition) is 3. The van der Waals surface area contributed by atoms with Crippen LogP contribution in [0.4, 0.5) is 10.5 Å². The number of likely N-dealkylation sites (tertiary alicyclic amines) is 1. The van der Waals surface area contributed by atoms with Crippen LogP contribution in [0.1, 0.15) is 23.2 Å². The molecule has 1 aliphatic heterocycles. The standard InChI is InChI=1S/C27H26N8O2/c1-34(2)27(37)30-18-10-16(13-28-15-18)17-11-21-24(32-33-25(21)29-14-17)23-12-20-19(6-5-7-22(20)31-23)26(36)35-8-3-4-9-35/h5-7,10-15,31H,3-4,8-9H2,1-2H3,(H,30,37)(H,29,32,33). The molecule has 0 saturated carbocycles. The fourth-order valence-corrected chi connectivity index (χ4v) is 4.73. The van der Waals surface area contributed by atoms with E-state index in [0.29, 0.717) is 22.6 Å². The Morgan fingerprint density at radius 2 is 1.81 bits per heavy atom. The van der Waals surface area contributed by atoms with Crippen LogP contribution in [-0.4, -0.2) is 74.1 Å². The Bertz CT molecular complexity index is 1650. The molecule has 3 N–H and O–H groups in total. The first-order valence-electron chi connectivity index (χ1n) is 12.2. The van der Waals surface area contributed by atoms with Crippen molar-refractivity contribution in [3.63, 3.8) is 0 Å². The van der Waals surface area contributed by atoms with E-state index < -0.39 is 0 Å². The van der Waals surface area contributed by atoms with Crippen LogP contribution in [-0.2, 0) is 0 Å². The predicted octanol–water partition coefficient (Wildman–Crippen LogP) is 4.50. The van der Waals surface area contributed by atoms with E-state index in [1.807, 2.05) is 41.3 Å². The zero-order chi connectivity index (χ0) is 25.5. The lowest BCUT2D eigenvalue weighted by Crippen LogP contribution is -2.27. The normalized spacial score (nSPS) is 13.4. The van der Waals surface area contributed by atoms with E-state index in [2.05, 4.69) is 30.5 Å². The van der Waals surface area contributed by atoms with Crippen LogP contribution in [0.25, 0.3) is 44.5 Å². The minimum absolute atomic E-state index is 0.0678. The van der Waals surface area contributed by atoms with E-state index in [9.17, 15) is 9.59 Å². The van der Waals surface area contributed by atoms with Crippen molar-refractivity contribution in [1.82, 2.24) is 34.9 Å². The molecule has 10 nitrogen and oxygen atoms in total. The maximum atomic E-state index is 13.1. The van der Waals surface area contributed by atoms with Crippen molar-refractivity contribution in [2.24, 2.45) is 0 Å². The van der Waals surface area contributed by atoms with Crippen molar-refractivity contribution in [1.29, 1.82) is 0 Å². The van der Waals surface area contributed by atoms with Gasteiger partial charge in [0.25, 0.3) is 5.91 Å². The van der Waals surface area contributed by atoms with E-state index in [1.165, 1.54) is 4.90 Å². The number of nitrogens with zero attached hydrogens (tertiary/aromatic N) is 5. The van der Waals surface area contributed by atoms with Gasteiger partial charge in [-0.2, -0.15) is 5.10 Å². The molecule has 0 atom stereocenters. The molecule has 1 aromatic carbocycles. The van der Waals surface area contributed by atoms with Crippen LogP contribution >= 0.6 is 0 Å². The SMILES string of the molecule is CN(C)C(=O)Nc1cncc(-c2cnc3[nH]nc(-c4cc5c(C(=O)N6CCCC6)cccc5[nH]4)c3c2)c1. The van der Waals surface area contributed by atoms with Gasteiger partial charge in [-0.25, -0.2) is 9.78 Å². The van der Waals surface area contributed by atoms with Crippen molar-refractivity contribution in [2.75, 3.05) is 32.5 Å². The zero-order valence-corrected chi connectivity index (χ0v) is 20.6. The average Bonchev–Trinajstić information content (AvgIpc) is 3.67. The number of H-pyrrole nitrogens is 2. The summed E-state index contributed by atoms with van der Waals surface area (Å²) >= 11 is 0. The molecule has 0 bridgehead atoms. The van der Waals surface area contributed by atoms with Gasteiger partial charge in [-0.05, 0) is 43.2 Å². The highest BCUT2D eigenvalue weighted by molar-refractivity contribution is 6.08. The molecular weight excluding hydrogens is 468 g/mol. The molecule has 1 fully saturated rings. The second-order valence-corrected chi connectivity index (χ2v) is 9.43. The van der Waals surface area contributed by atoms with Crippen LogP contribution in [0, 0.1) is 0 Å². The van der Waals surface area contributed by atoms with Crippen molar-refractivity contribution in [3.8, 4) is 22.5 Å². The van der Waals surface area contributed by atoms with Gasteiger partial charge >= 0.3 is 6.03 Å². The lowest BCUT2D eigenvalue weighted by Gasteiger charge is -2.15. The second-order valence-electron chi connectivity index (χ2n) is 9.43. The summed E-state index contributed by atoms with van der Waals surface area (Å²) in [5.74, 6) is 0.0678. The second kappa shape index (κ2) is 9.05.